The molecule has 0 fully saturated rings. The second-order valence-corrected chi connectivity index (χ2v) is 13.7. The van der Waals surface area contributed by atoms with E-state index in [0.717, 1.165) is 44.7 Å². The summed E-state index contributed by atoms with van der Waals surface area (Å²) in [6, 6.07) is 67.0. The number of nitriles is 1. The standard InChI is InChI=1S/C49H30N4/c50-31-33-30-36(52-43-18-8-4-14-38(43)39-15-5-9-19-44(39)52)26-27-37(33)32-22-24-35(25-23-32)53-45-20-10-6-16-40(45)41-28-29-47-48(49(41)53)42-17-7-11-21-46(42)51(47)34-12-2-1-3-13-34/h1-30H. The zero-order chi connectivity index (χ0) is 35.0. The van der Waals surface area contributed by atoms with Crippen molar-refractivity contribution in [3.63, 3.8) is 0 Å². The molecule has 4 heteroatoms. The first kappa shape index (κ1) is 29.4. The van der Waals surface area contributed by atoms with Gasteiger partial charge in [-0.2, -0.15) is 5.26 Å². The van der Waals surface area contributed by atoms with Crippen LogP contribution in [0.3, 0.4) is 0 Å². The van der Waals surface area contributed by atoms with Gasteiger partial charge in [0.15, 0.2) is 0 Å². The third kappa shape index (κ3) is 4.22. The van der Waals surface area contributed by atoms with Gasteiger partial charge in [0.1, 0.15) is 0 Å². The Labute approximate surface area is 305 Å². The fourth-order valence-corrected chi connectivity index (χ4v) is 8.64. The normalized spacial score (nSPS) is 11.8. The van der Waals surface area contributed by atoms with E-state index in [1.54, 1.807) is 0 Å². The van der Waals surface area contributed by atoms with E-state index in [1.165, 1.54) is 48.9 Å². The lowest BCUT2D eigenvalue weighted by Gasteiger charge is -2.13. The van der Waals surface area contributed by atoms with Crippen LogP contribution in [0, 0.1) is 11.3 Å². The van der Waals surface area contributed by atoms with Crippen LogP contribution in [0.1, 0.15) is 5.56 Å². The van der Waals surface area contributed by atoms with Crippen molar-refractivity contribution in [3.8, 4) is 34.3 Å². The van der Waals surface area contributed by atoms with Crippen LogP contribution in [-0.4, -0.2) is 13.7 Å². The van der Waals surface area contributed by atoms with Crippen LogP contribution in [0.25, 0.3) is 93.6 Å². The Hall–Kier alpha value is -7.35. The topological polar surface area (TPSA) is 38.6 Å². The van der Waals surface area contributed by atoms with Crippen molar-refractivity contribution in [2.45, 2.75) is 0 Å². The minimum Gasteiger partial charge on any atom is -0.309 e. The van der Waals surface area contributed by atoms with E-state index in [2.05, 4.69) is 196 Å². The Morgan fingerprint density at radius 2 is 0.849 bits per heavy atom. The number of hydrogen-bond donors (Lipinski definition) is 0. The highest BCUT2D eigenvalue weighted by atomic mass is 15.0. The fraction of sp³-hybridized carbons (Fsp3) is 0. The molecule has 0 N–H and O–H groups in total. The van der Waals surface area contributed by atoms with Gasteiger partial charge in [0.05, 0.1) is 44.7 Å². The number of hydrogen-bond acceptors (Lipinski definition) is 1. The first-order valence-corrected chi connectivity index (χ1v) is 17.9. The SMILES string of the molecule is N#Cc1cc(-n2c3ccccc3c3ccccc32)ccc1-c1ccc(-n2c3ccccc3c3ccc4c(c5ccccc5n4-c4ccccc4)c32)cc1. The number of aromatic nitrogens is 3. The Bertz CT molecular complexity index is 3220. The molecule has 0 aliphatic carbocycles. The van der Waals surface area contributed by atoms with Crippen LogP contribution < -0.4 is 0 Å². The minimum atomic E-state index is 0.643. The fourth-order valence-electron chi connectivity index (χ4n) is 8.64. The highest BCUT2D eigenvalue weighted by molar-refractivity contribution is 6.26. The lowest BCUT2D eigenvalue weighted by atomic mass is 9.99. The predicted octanol–water partition coefficient (Wildman–Crippen LogP) is 12.5. The van der Waals surface area contributed by atoms with Crippen molar-refractivity contribution < 1.29 is 0 Å². The molecule has 0 saturated carbocycles. The van der Waals surface area contributed by atoms with E-state index in [4.69, 9.17) is 0 Å². The summed E-state index contributed by atoms with van der Waals surface area (Å²) in [6.45, 7) is 0. The zero-order valence-electron chi connectivity index (χ0n) is 28.6. The smallest absolute Gasteiger partial charge is 0.0998 e. The van der Waals surface area contributed by atoms with E-state index in [-0.39, 0.29) is 0 Å². The third-order valence-corrected chi connectivity index (χ3v) is 10.9. The molecule has 4 nitrogen and oxygen atoms in total. The molecular formula is C49H30N4. The van der Waals surface area contributed by atoms with Crippen molar-refractivity contribution in [3.05, 3.63) is 188 Å². The van der Waals surface area contributed by atoms with Gasteiger partial charge in [-0.1, -0.05) is 115 Å². The molecule has 0 aliphatic rings. The maximum atomic E-state index is 10.5. The number of rotatable bonds is 4. The molecule has 11 aromatic rings. The first-order valence-electron chi connectivity index (χ1n) is 17.9. The first-order chi connectivity index (χ1) is 26.3. The summed E-state index contributed by atoms with van der Waals surface area (Å²) in [4.78, 5) is 0. The highest BCUT2D eigenvalue weighted by Gasteiger charge is 2.21. The molecule has 0 aliphatic heterocycles. The van der Waals surface area contributed by atoms with Crippen molar-refractivity contribution >= 4 is 65.4 Å². The number of nitrogens with zero attached hydrogens (tertiary/aromatic N) is 4. The molecule has 0 bridgehead atoms. The van der Waals surface area contributed by atoms with Gasteiger partial charge < -0.3 is 13.7 Å². The molecule has 246 valence electrons. The van der Waals surface area contributed by atoms with Crippen LogP contribution in [0.4, 0.5) is 0 Å². The van der Waals surface area contributed by atoms with Gasteiger partial charge in [-0.05, 0) is 77.9 Å². The van der Waals surface area contributed by atoms with E-state index >= 15 is 0 Å². The van der Waals surface area contributed by atoms with E-state index in [9.17, 15) is 5.26 Å². The maximum absolute atomic E-state index is 10.5. The van der Waals surface area contributed by atoms with Crippen LogP contribution in [0.5, 0.6) is 0 Å². The summed E-state index contributed by atoms with van der Waals surface area (Å²) >= 11 is 0. The van der Waals surface area contributed by atoms with Gasteiger partial charge in [-0.25, -0.2) is 0 Å². The molecule has 8 aromatic carbocycles. The molecule has 3 aromatic heterocycles. The second-order valence-electron chi connectivity index (χ2n) is 13.7. The molecule has 3 heterocycles. The summed E-state index contributed by atoms with van der Waals surface area (Å²) in [5.41, 5.74) is 12.7. The molecule has 0 spiro atoms. The van der Waals surface area contributed by atoms with E-state index in [0.29, 0.717) is 5.56 Å². The number of fused-ring (bicyclic) bond motifs is 10. The Balaban J connectivity index is 1.09. The minimum absolute atomic E-state index is 0.643. The van der Waals surface area contributed by atoms with Gasteiger partial charge >= 0.3 is 0 Å². The summed E-state index contributed by atoms with van der Waals surface area (Å²) < 4.78 is 7.05. The molecule has 0 saturated heterocycles. The van der Waals surface area contributed by atoms with Crippen molar-refractivity contribution in [1.29, 1.82) is 5.26 Å². The molecule has 0 amide bonds. The van der Waals surface area contributed by atoms with Crippen LogP contribution in [-0.2, 0) is 0 Å². The average Bonchev–Trinajstić information content (AvgIpc) is 3.87. The van der Waals surface area contributed by atoms with Crippen molar-refractivity contribution in [1.82, 2.24) is 13.7 Å². The molecule has 0 unspecified atom stereocenters. The van der Waals surface area contributed by atoms with Gasteiger partial charge in [0, 0.05) is 49.4 Å². The summed E-state index contributed by atoms with van der Waals surface area (Å²) in [5, 5.41) is 17.8. The van der Waals surface area contributed by atoms with E-state index < -0.39 is 0 Å². The van der Waals surface area contributed by atoms with E-state index in [1.807, 2.05) is 6.07 Å². The molecule has 0 atom stereocenters. The summed E-state index contributed by atoms with van der Waals surface area (Å²) in [6.07, 6.45) is 0. The van der Waals surface area contributed by atoms with Crippen molar-refractivity contribution in [2.75, 3.05) is 0 Å². The second kappa shape index (κ2) is 11.3. The van der Waals surface area contributed by atoms with Crippen LogP contribution in [0.2, 0.25) is 0 Å². The largest absolute Gasteiger partial charge is 0.309 e. The van der Waals surface area contributed by atoms with Crippen LogP contribution >= 0.6 is 0 Å². The zero-order valence-corrected chi connectivity index (χ0v) is 28.6. The molecule has 11 rings (SSSR count). The maximum Gasteiger partial charge on any atom is 0.0998 e. The monoisotopic (exact) mass is 674 g/mol. The number of para-hydroxylation sites is 5. The molecular weight excluding hydrogens is 645 g/mol. The Morgan fingerprint density at radius 1 is 0.358 bits per heavy atom. The Morgan fingerprint density at radius 3 is 1.49 bits per heavy atom. The van der Waals surface area contributed by atoms with Gasteiger partial charge in [0.2, 0.25) is 0 Å². The van der Waals surface area contributed by atoms with Crippen molar-refractivity contribution in [2.24, 2.45) is 0 Å². The van der Waals surface area contributed by atoms with Gasteiger partial charge in [0.25, 0.3) is 0 Å². The lowest BCUT2D eigenvalue weighted by molar-refractivity contribution is 1.17. The Kier molecular flexibility index (Phi) is 6.28. The molecule has 0 radical (unpaired) electrons. The quantitative estimate of drug-likeness (QED) is 0.183. The predicted molar refractivity (Wildman–Crippen MR) is 220 cm³/mol. The molecule has 53 heavy (non-hydrogen) atoms. The highest BCUT2D eigenvalue weighted by Crippen LogP contribution is 2.42. The summed E-state index contributed by atoms with van der Waals surface area (Å²) in [7, 11) is 0. The number of benzene rings is 8. The summed E-state index contributed by atoms with van der Waals surface area (Å²) in [5.74, 6) is 0. The lowest BCUT2D eigenvalue weighted by Crippen LogP contribution is -1.97. The van der Waals surface area contributed by atoms with Gasteiger partial charge in [-0.15, -0.1) is 0 Å². The van der Waals surface area contributed by atoms with Gasteiger partial charge in [-0.3, -0.25) is 0 Å². The average molecular weight is 675 g/mol. The van der Waals surface area contributed by atoms with Crippen LogP contribution in [0.15, 0.2) is 182 Å². The third-order valence-electron chi connectivity index (χ3n) is 10.9.